The molecule has 0 radical (unpaired) electrons. The Balaban J connectivity index is 2.44. The zero-order valence-corrected chi connectivity index (χ0v) is 11.7. The molecule has 1 unspecified atom stereocenters. The fourth-order valence-corrected chi connectivity index (χ4v) is 2.17. The lowest BCUT2D eigenvalue weighted by molar-refractivity contribution is 0.393. The Hall–Kier alpha value is -1.81. The highest BCUT2D eigenvalue weighted by molar-refractivity contribution is 6.22. The van der Waals surface area contributed by atoms with Gasteiger partial charge in [0.1, 0.15) is 23.1 Å². The van der Waals surface area contributed by atoms with Gasteiger partial charge in [-0.05, 0) is 23.8 Å². The van der Waals surface area contributed by atoms with Crippen LogP contribution in [0.3, 0.4) is 0 Å². The van der Waals surface area contributed by atoms with Crippen LogP contribution in [-0.2, 0) is 0 Å². The quantitative estimate of drug-likeness (QED) is 0.783. The fraction of sp³-hybridized carbons (Fsp3) is 0.200. The van der Waals surface area contributed by atoms with Gasteiger partial charge in [-0.1, -0.05) is 6.07 Å². The summed E-state index contributed by atoms with van der Waals surface area (Å²) in [6.07, 6.45) is 0. The lowest BCUT2D eigenvalue weighted by atomic mass is 10.0. The Morgan fingerprint density at radius 2 is 1.55 bits per heavy atom. The van der Waals surface area contributed by atoms with Gasteiger partial charge in [0, 0.05) is 17.7 Å². The van der Waals surface area contributed by atoms with E-state index in [0.717, 1.165) is 6.07 Å². The van der Waals surface area contributed by atoms with E-state index in [9.17, 15) is 8.78 Å². The zero-order valence-electron chi connectivity index (χ0n) is 11.0. The molecule has 20 heavy (non-hydrogen) atoms. The topological polar surface area (TPSA) is 18.5 Å². The Kier molecular flexibility index (Phi) is 4.45. The van der Waals surface area contributed by atoms with Gasteiger partial charge in [-0.2, -0.15) is 0 Å². The summed E-state index contributed by atoms with van der Waals surface area (Å²) in [5.74, 6) is -0.231. The summed E-state index contributed by atoms with van der Waals surface area (Å²) < 4.78 is 37.0. The molecule has 2 nitrogen and oxygen atoms in total. The monoisotopic (exact) mass is 298 g/mol. The highest BCUT2D eigenvalue weighted by atomic mass is 35.5. The van der Waals surface area contributed by atoms with E-state index in [1.807, 2.05) is 0 Å². The molecule has 0 saturated carbocycles. The number of ether oxygens (including phenoxy) is 2. The van der Waals surface area contributed by atoms with E-state index in [1.54, 1.807) is 18.2 Å². The lowest BCUT2D eigenvalue weighted by Gasteiger charge is -2.14. The maximum Gasteiger partial charge on any atom is 0.131 e. The summed E-state index contributed by atoms with van der Waals surface area (Å²) in [6.45, 7) is 0. The summed E-state index contributed by atoms with van der Waals surface area (Å²) >= 11 is 6.27. The van der Waals surface area contributed by atoms with Crippen LogP contribution in [0.1, 0.15) is 16.5 Å². The molecule has 1 atom stereocenters. The largest absolute Gasteiger partial charge is 0.497 e. The Labute approximate surface area is 120 Å². The fourth-order valence-electron chi connectivity index (χ4n) is 1.86. The number of hydrogen-bond acceptors (Lipinski definition) is 2. The Morgan fingerprint density at radius 1 is 0.950 bits per heavy atom. The SMILES string of the molecule is COc1cc(OC)cc(C(Cl)c2ccc(F)cc2F)c1. The number of alkyl halides is 1. The minimum Gasteiger partial charge on any atom is -0.497 e. The van der Waals surface area contributed by atoms with Crippen molar-refractivity contribution in [1.82, 2.24) is 0 Å². The first-order valence-electron chi connectivity index (χ1n) is 5.87. The summed E-state index contributed by atoms with van der Waals surface area (Å²) in [5.41, 5.74) is 0.803. The summed E-state index contributed by atoms with van der Waals surface area (Å²) in [6, 6.07) is 8.36. The normalized spacial score (nSPS) is 12.1. The smallest absolute Gasteiger partial charge is 0.131 e. The molecular weight excluding hydrogens is 286 g/mol. The van der Waals surface area contributed by atoms with Crippen LogP contribution in [0, 0.1) is 11.6 Å². The van der Waals surface area contributed by atoms with Crippen LogP contribution in [0.2, 0.25) is 0 Å². The molecule has 0 aliphatic carbocycles. The van der Waals surface area contributed by atoms with Gasteiger partial charge >= 0.3 is 0 Å². The predicted octanol–water partition coefficient (Wildman–Crippen LogP) is 4.31. The van der Waals surface area contributed by atoms with Crippen LogP contribution < -0.4 is 9.47 Å². The van der Waals surface area contributed by atoms with E-state index in [2.05, 4.69) is 0 Å². The zero-order chi connectivity index (χ0) is 14.7. The molecule has 0 N–H and O–H groups in total. The van der Waals surface area contributed by atoms with E-state index in [-0.39, 0.29) is 5.56 Å². The van der Waals surface area contributed by atoms with Gasteiger partial charge in [0.25, 0.3) is 0 Å². The third kappa shape index (κ3) is 3.02. The average Bonchev–Trinajstić information content (AvgIpc) is 2.46. The summed E-state index contributed by atoms with van der Waals surface area (Å²) in [4.78, 5) is 0. The molecule has 0 amide bonds. The molecule has 0 fully saturated rings. The second kappa shape index (κ2) is 6.09. The minimum absolute atomic E-state index is 0.198. The van der Waals surface area contributed by atoms with Crippen molar-refractivity contribution in [2.45, 2.75) is 5.38 Å². The molecule has 2 aromatic rings. The van der Waals surface area contributed by atoms with Crippen molar-refractivity contribution in [3.8, 4) is 11.5 Å². The van der Waals surface area contributed by atoms with Crippen molar-refractivity contribution >= 4 is 11.6 Å². The molecule has 106 valence electrons. The first-order valence-corrected chi connectivity index (χ1v) is 6.30. The number of rotatable bonds is 4. The maximum atomic E-state index is 13.8. The summed E-state index contributed by atoms with van der Waals surface area (Å²) in [5, 5.41) is -0.764. The second-order valence-corrected chi connectivity index (χ2v) is 4.61. The second-order valence-electron chi connectivity index (χ2n) is 4.17. The number of hydrogen-bond donors (Lipinski definition) is 0. The van der Waals surface area contributed by atoms with E-state index in [0.29, 0.717) is 17.1 Å². The molecule has 0 aliphatic rings. The van der Waals surface area contributed by atoms with E-state index < -0.39 is 17.0 Å². The van der Waals surface area contributed by atoms with Gasteiger partial charge in [0.2, 0.25) is 0 Å². The first kappa shape index (κ1) is 14.6. The molecule has 0 spiro atoms. The maximum absolute atomic E-state index is 13.8. The van der Waals surface area contributed by atoms with Crippen LogP contribution in [0.25, 0.3) is 0 Å². The van der Waals surface area contributed by atoms with Gasteiger partial charge in [-0.25, -0.2) is 8.78 Å². The minimum atomic E-state index is -0.764. The molecule has 0 heterocycles. The van der Waals surface area contributed by atoms with E-state index in [4.69, 9.17) is 21.1 Å². The van der Waals surface area contributed by atoms with Gasteiger partial charge in [0.15, 0.2) is 0 Å². The van der Waals surface area contributed by atoms with Gasteiger partial charge in [0.05, 0.1) is 19.6 Å². The molecule has 2 aromatic carbocycles. The van der Waals surface area contributed by atoms with E-state index >= 15 is 0 Å². The standard InChI is InChI=1S/C15H13ClF2O2/c1-19-11-5-9(6-12(8-11)20-2)15(16)13-4-3-10(17)7-14(13)18/h3-8,15H,1-2H3. The van der Waals surface area contributed by atoms with Crippen LogP contribution in [-0.4, -0.2) is 14.2 Å². The summed E-state index contributed by atoms with van der Waals surface area (Å²) in [7, 11) is 3.03. The molecule has 0 bridgehead atoms. The number of methoxy groups -OCH3 is 2. The van der Waals surface area contributed by atoms with Gasteiger partial charge in [-0.3, -0.25) is 0 Å². The third-order valence-electron chi connectivity index (χ3n) is 2.90. The molecular formula is C15H13ClF2O2. The van der Waals surface area contributed by atoms with Crippen molar-refractivity contribution < 1.29 is 18.3 Å². The van der Waals surface area contributed by atoms with Crippen LogP contribution in [0.5, 0.6) is 11.5 Å². The van der Waals surface area contributed by atoms with Crippen molar-refractivity contribution in [2.24, 2.45) is 0 Å². The van der Waals surface area contributed by atoms with E-state index in [1.165, 1.54) is 26.4 Å². The van der Waals surface area contributed by atoms with Crippen molar-refractivity contribution in [3.05, 3.63) is 59.2 Å². The van der Waals surface area contributed by atoms with Crippen molar-refractivity contribution in [2.75, 3.05) is 14.2 Å². The highest BCUT2D eigenvalue weighted by Crippen LogP contribution is 2.35. The van der Waals surface area contributed by atoms with Gasteiger partial charge < -0.3 is 9.47 Å². The highest BCUT2D eigenvalue weighted by Gasteiger charge is 2.17. The molecule has 0 saturated heterocycles. The van der Waals surface area contributed by atoms with Crippen LogP contribution in [0.4, 0.5) is 8.78 Å². The van der Waals surface area contributed by atoms with Crippen LogP contribution in [0.15, 0.2) is 36.4 Å². The van der Waals surface area contributed by atoms with Gasteiger partial charge in [-0.15, -0.1) is 11.6 Å². The Bertz CT molecular complexity index is 595. The molecule has 0 aromatic heterocycles. The number of benzene rings is 2. The number of halogens is 3. The molecule has 0 aliphatic heterocycles. The van der Waals surface area contributed by atoms with Crippen molar-refractivity contribution in [3.63, 3.8) is 0 Å². The third-order valence-corrected chi connectivity index (χ3v) is 3.39. The average molecular weight is 299 g/mol. The predicted molar refractivity (Wildman–Crippen MR) is 73.6 cm³/mol. The lowest BCUT2D eigenvalue weighted by Crippen LogP contribution is -1.99. The molecule has 5 heteroatoms. The van der Waals surface area contributed by atoms with Crippen molar-refractivity contribution in [1.29, 1.82) is 0 Å². The Morgan fingerprint density at radius 3 is 2.05 bits per heavy atom. The first-order chi connectivity index (χ1) is 9.55. The molecule has 2 rings (SSSR count). The van der Waals surface area contributed by atoms with Crippen LogP contribution >= 0.6 is 11.6 Å².